The number of amides is 2. The average Bonchev–Trinajstić information content (AvgIpc) is 2.82. The van der Waals surface area contributed by atoms with Crippen molar-refractivity contribution in [2.24, 2.45) is 0 Å². The summed E-state index contributed by atoms with van der Waals surface area (Å²) in [7, 11) is 0. The van der Waals surface area contributed by atoms with Gasteiger partial charge in [-0.2, -0.15) is 0 Å². The summed E-state index contributed by atoms with van der Waals surface area (Å²) >= 11 is 0. The summed E-state index contributed by atoms with van der Waals surface area (Å²) in [6, 6.07) is -0.346. The van der Waals surface area contributed by atoms with E-state index in [4.69, 9.17) is 0 Å². The fourth-order valence-electron chi connectivity index (χ4n) is 3.74. The van der Waals surface area contributed by atoms with Crippen LogP contribution in [-0.4, -0.2) is 33.8 Å². The highest BCUT2D eigenvalue weighted by atomic mass is 16.2. The molecule has 0 aromatic rings. The van der Waals surface area contributed by atoms with Crippen molar-refractivity contribution in [3.63, 3.8) is 0 Å². The average molecular weight is 266 g/mol. The Hall–Kier alpha value is -1.06. The zero-order valence-electron chi connectivity index (χ0n) is 12.6. The SMILES string of the molecule is CCC1(CC)NC(=O)C(C)N(C2(C)CCCC2)C1=O. The van der Waals surface area contributed by atoms with Crippen LogP contribution in [0.3, 0.4) is 0 Å². The molecule has 1 saturated carbocycles. The van der Waals surface area contributed by atoms with Crippen molar-refractivity contribution in [2.45, 2.75) is 83.3 Å². The zero-order chi connectivity index (χ0) is 14.3. The van der Waals surface area contributed by atoms with E-state index in [0.29, 0.717) is 12.8 Å². The topological polar surface area (TPSA) is 49.4 Å². The lowest BCUT2D eigenvalue weighted by molar-refractivity contribution is -0.162. The van der Waals surface area contributed by atoms with Gasteiger partial charge in [-0.05, 0) is 39.5 Å². The maximum atomic E-state index is 13.0. The number of carbonyl (C=O) groups excluding carboxylic acids is 2. The van der Waals surface area contributed by atoms with Crippen LogP contribution in [0.25, 0.3) is 0 Å². The minimum atomic E-state index is -0.685. The second kappa shape index (κ2) is 4.80. The molecular weight excluding hydrogens is 240 g/mol. The summed E-state index contributed by atoms with van der Waals surface area (Å²) in [5.41, 5.74) is -0.820. The lowest BCUT2D eigenvalue weighted by Gasteiger charge is -2.51. The van der Waals surface area contributed by atoms with Crippen LogP contribution in [0.15, 0.2) is 0 Å². The van der Waals surface area contributed by atoms with Gasteiger partial charge >= 0.3 is 0 Å². The fourth-order valence-corrected chi connectivity index (χ4v) is 3.74. The third-order valence-corrected chi connectivity index (χ3v) is 5.23. The molecule has 108 valence electrons. The Morgan fingerprint density at radius 3 is 2.21 bits per heavy atom. The van der Waals surface area contributed by atoms with E-state index in [1.54, 1.807) is 0 Å². The molecule has 1 aliphatic heterocycles. The second-order valence-electron chi connectivity index (χ2n) is 6.33. The standard InChI is InChI=1S/C15H26N2O2/c1-5-15(6-2)13(19)17(11(3)12(18)16-15)14(4)9-7-8-10-14/h11H,5-10H2,1-4H3,(H,16,18). The molecule has 1 aliphatic carbocycles. The van der Waals surface area contributed by atoms with E-state index in [1.807, 2.05) is 25.7 Å². The van der Waals surface area contributed by atoms with Crippen molar-refractivity contribution < 1.29 is 9.59 Å². The van der Waals surface area contributed by atoms with E-state index in [1.165, 1.54) is 0 Å². The van der Waals surface area contributed by atoms with E-state index in [2.05, 4.69) is 12.2 Å². The molecule has 1 saturated heterocycles. The Labute approximate surface area is 115 Å². The Morgan fingerprint density at radius 2 is 1.74 bits per heavy atom. The summed E-state index contributed by atoms with van der Waals surface area (Å²) in [4.78, 5) is 27.1. The first-order valence-corrected chi connectivity index (χ1v) is 7.56. The number of rotatable bonds is 3. The number of hydrogen-bond acceptors (Lipinski definition) is 2. The van der Waals surface area contributed by atoms with Gasteiger partial charge in [-0.15, -0.1) is 0 Å². The minimum absolute atomic E-state index is 0.00331. The van der Waals surface area contributed by atoms with Crippen molar-refractivity contribution >= 4 is 11.8 Å². The maximum absolute atomic E-state index is 13.0. The Morgan fingerprint density at radius 1 is 1.21 bits per heavy atom. The van der Waals surface area contributed by atoms with Gasteiger partial charge in [-0.25, -0.2) is 0 Å². The molecule has 1 heterocycles. The first-order chi connectivity index (χ1) is 8.90. The van der Waals surface area contributed by atoms with Crippen molar-refractivity contribution in [1.82, 2.24) is 10.2 Å². The van der Waals surface area contributed by atoms with Crippen LogP contribution in [0.5, 0.6) is 0 Å². The smallest absolute Gasteiger partial charge is 0.249 e. The van der Waals surface area contributed by atoms with Crippen LogP contribution in [0.4, 0.5) is 0 Å². The molecule has 4 nitrogen and oxygen atoms in total. The molecule has 0 aromatic heterocycles. The van der Waals surface area contributed by atoms with Crippen molar-refractivity contribution in [3.05, 3.63) is 0 Å². The Balaban J connectivity index is 2.39. The third-order valence-electron chi connectivity index (χ3n) is 5.23. The van der Waals surface area contributed by atoms with E-state index in [0.717, 1.165) is 25.7 Å². The number of nitrogens with zero attached hydrogens (tertiary/aromatic N) is 1. The lowest BCUT2D eigenvalue weighted by Crippen LogP contribution is -2.73. The molecule has 1 unspecified atom stereocenters. The van der Waals surface area contributed by atoms with Crippen molar-refractivity contribution in [2.75, 3.05) is 0 Å². The predicted molar refractivity (Wildman–Crippen MR) is 74.6 cm³/mol. The molecule has 4 heteroatoms. The van der Waals surface area contributed by atoms with Crippen LogP contribution >= 0.6 is 0 Å². The molecule has 1 atom stereocenters. The van der Waals surface area contributed by atoms with Gasteiger partial charge in [0.15, 0.2) is 0 Å². The van der Waals surface area contributed by atoms with Crippen LogP contribution in [0.2, 0.25) is 0 Å². The number of nitrogens with one attached hydrogen (secondary N) is 1. The summed E-state index contributed by atoms with van der Waals surface area (Å²) in [6.07, 6.45) is 5.65. The van der Waals surface area contributed by atoms with E-state index in [-0.39, 0.29) is 23.4 Å². The van der Waals surface area contributed by atoms with Crippen molar-refractivity contribution in [3.8, 4) is 0 Å². The first-order valence-electron chi connectivity index (χ1n) is 7.56. The van der Waals surface area contributed by atoms with Gasteiger partial charge < -0.3 is 10.2 Å². The zero-order valence-corrected chi connectivity index (χ0v) is 12.6. The highest BCUT2D eigenvalue weighted by Gasteiger charge is 2.53. The lowest BCUT2D eigenvalue weighted by atomic mass is 9.83. The quantitative estimate of drug-likeness (QED) is 0.851. The number of carbonyl (C=O) groups is 2. The molecule has 2 fully saturated rings. The fraction of sp³-hybridized carbons (Fsp3) is 0.867. The first kappa shape index (κ1) is 14.4. The summed E-state index contributed by atoms with van der Waals surface area (Å²) in [5, 5.41) is 2.97. The minimum Gasteiger partial charge on any atom is -0.340 e. The number of piperazine rings is 1. The predicted octanol–water partition coefficient (Wildman–Crippen LogP) is 2.22. The Kier molecular flexibility index (Phi) is 3.63. The normalized spacial score (nSPS) is 29.5. The number of hydrogen-bond donors (Lipinski definition) is 1. The molecule has 2 amide bonds. The third kappa shape index (κ3) is 2.05. The van der Waals surface area contributed by atoms with Crippen LogP contribution in [0.1, 0.15) is 66.2 Å². The summed E-state index contributed by atoms with van der Waals surface area (Å²) in [5.74, 6) is 0.116. The molecule has 0 spiro atoms. The Bertz CT molecular complexity index is 382. The van der Waals surface area contributed by atoms with E-state index < -0.39 is 5.54 Å². The molecule has 2 rings (SSSR count). The molecular formula is C15H26N2O2. The van der Waals surface area contributed by atoms with Gasteiger partial charge in [0.2, 0.25) is 11.8 Å². The summed E-state index contributed by atoms with van der Waals surface area (Å²) < 4.78 is 0. The van der Waals surface area contributed by atoms with Crippen LogP contribution in [-0.2, 0) is 9.59 Å². The molecule has 0 aromatic carbocycles. The van der Waals surface area contributed by atoms with Crippen LogP contribution < -0.4 is 5.32 Å². The second-order valence-corrected chi connectivity index (χ2v) is 6.33. The van der Waals surface area contributed by atoms with E-state index in [9.17, 15) is 9.59 Å². The van der Waals surface area contributed by atoms with Crippen LogP contribution in [0, 0.1) is 0 Å². The van der Waals surface area contributed by atoms with E-state index >= 15 is 0 Å². The van der Waals surface area contributed by atoms with Gasteiger partial charge in [0.25, 0.3) is 0 Å². The van der Waals surface area contributed by atoms with Gasteiger partial charge in [0.05, 0.1) is 0 Å². The highest BCUT2D eigenvalue weighted by molar-refractivity contribution is 6.00. The molecule has 0 radical (unpaired) electrons. The van der Waals surface area contributed by atoms with Crippen molar-refractivity contribution in [1.29, 1.82) is 0 Å². The summed E-state index contributed by atoms with van der Waals surface area (Å²) in [6.45, 7) is 7.95. The van der Waals surface area contributed by atoms with Gasteiger partial charge in [-0.3, -0.25) is 9.59 Å². The highest BCUT2D eigenvalue weighted by Crippen LogP contribution is 2.39. The molecule has 19 heavy (non-hydrogen) atoms. The molecule has 1 N–H and O–H groups in total. The van der Waals surface area contributed by atoms with Gasteiger partial charge in [0, 0.05) is 5.54 Å². The maximum Gasteiger partial charge on any atom is 0.249 e. The molecule has 2 aliphatic rings. The monoisotopic (exact) mass is 266 g/mol. The largest absolute Gasteiger partial charge is 0.340 e. The molecule has 0 bridgehead atoms. The van der Waals surface area contributed by atoms with Gasteiger partial charge in [0.1, 0.15) is 11.6 Å². The van der Waals surface area contributed by atoms with Gasteiger partial charge in [-0.1, -0.05) is 26.7 Å².